The van der Waals surface area contributed by atoms with Gasteiger partial charge in [-0.25, -0.2) is 9.36 Å². The maximum Gasteiger partial charge on any atom is 0.337 e. The second kappa shape index (κ2) is 9.11. The number of amides is 1. The molecule has 2 aromatic carbocycles. The van der Waals surface area contributed by atoms with Gasteiger partial charge in [-0.2, -0.15) is 0 Å². The van der Waals surface area contributed by atoms with Gasteiger partial charge in [-0.15, -0.1) is 11.3 Å². The van der Waals surface area contributed by atoms with Gasteiger partial charge < -0.3 is 5.32 Å². The van der Waals surface area contributed by atoms with Crippen LogP contribution >= 0.6 is 46.1 Å². The Kier molecular flexibility index (Phi) is 6.44. The minimum absolute atomic E-state index is 0.292. The molecule has 6 nitrogen and oxygen atoms in total. The van der Waals surface area contributed by atoms with E-state index >= 15 is 0 Å². The molecule has 4 rings (SSSR count). The third-order valence-corrected chi connectivity index (χ3v) is 7.06. The molecule has 1 amide bonds. The highest BCUT2D eigenvalue weighted by Gasteiger charge is 2.19. The molecule has 0 aliphatic carbocycles. The zero-order valence-corrected chi connectivity index (χ0v) is 19.8. The number of hydrogen-bond donors (Lipinski definition) is 1. The summed E-state index contributed by atoms with van der Waals surface area (Å²) in [4.78, 5) is 40.7. The maximum absolute atomic E-state index is 13.4. The molecule has 32 heavy (non-hydrogen) atoms. The molecule has 1 N–H and O–H groups in total. The number of fused-ring (bicyclic) bond motifs is 1. The van der Waals surface area contributed by atoms with Crippen molar-refractivity contribution in [2.24, 2.45) is 0 Å². The number of carbonyl (C=O) groups is 1. The fourth-order valence-corrected chi connectivity index (χ4v) is 4.84. The number of halogens is 3. The third kappa shape index (κ3) is 4.34. The quantitative estimate of drug-likeness (QED) is 0.394. The first kappa shape index (κ1) is 22.6. The van der Waals surface area contributed by atoms with Crippen molar-refractivity contribution in [2.45, 2.75) is 19.9 Å². The standard InChI is InChI=1S/C22H16Cl3N3O3S/c1-2-15-10-16-20(30)28(14-5-3-4-12(23)8-14)22(31)27(21(16)32-15)11-19(29)26-13-6-7-17(24)18(25)9-13/h3-10H,2,11H2,1H3,(H,26,29). The Labute approximate surface area is 201 Å². The van der Waals surface area contributed by atoms with Crippen LogP contribution in [0, 0.1) is 0 Å². The van der Waals surface area contributed by atoms with Crippen molar-refractivity contribution >= 4 is 68.0 Å². The zero-order chi connectivity index (χ0) is 23.0. The second-order valence-electron chi connectivity index (χ2n) is 6.95. The highest BCUT2D eigenvalue weighted by atomic mass is 35.5. The van der Waals surface area contributed by atoms with Gasteiger partial charge >= 0.3 is 5.69 Å². The van der Waals surface area contributed by atoms with Crippen molar-refractivity contribution in [1.29, 1.82) is 0 Å². The van der Waals surface area contributed by atoms with Crippen LogP contribution in [-0.4, -0.2) is 15.0 Å². The van der Waals surface area contributed by atoms with Gasteiger partial charge in [-0.3, -0.25) is 14.2 Å². The number of aromatic nitrogens is 2. The molecule has 0 radical (unpaired) electrons. The number of aryl methyl sites for hydroxylation is 1. The van der Waals surface area contributed by atoms with E-state index in [9.17, 15) is 14.4 Å². The number of nitrogens with one attached hydrogen (secondary N) is 1. The van der Waals surface area contributed by atoms with E-state index in [0.29, 0.717) is 43.1 Å². The first-order valence-electron chi connectivity index (χ1n) is 9.57. The topological polar surface area (TPSA) is 73.1 Å². The summed E-state index contributed by atoms with van der Waals surface area (Å²) in [6, 6.07) is 12.9. The van der Waals surface area contributed by atoms with Crippen LogP contribution in [0.1, 0.15) is 11.8 Å². The van der Waals surface area contributed by atoms with Crippen LogP contribution in [0.5, 0.6) is 0 Å². The average molecular weight is 509 g/mol. The van der Waals surface area contributed by atoms with Crippen LogP contribution in [0.2, 0.25) is 15.1 Å². The summed E-state index contributed by atoms with van der Waals surface area (Å²) in [5.74, 6) is -0.450. The molecule has 0 spiro atoms. The van der Waals surface area contributed by atoms with Crippen LogP contribution < -0.4 is 16.6 Å². The minimum Gasteiger partial charge on any atom is -0.324 e. The molecule has 2 heterocycles. The van der Waals surface area contributed by atoms with E-state index in [0.717, 1.165) is 9.44 Å². The average Bonchev–Trinajstić information content (AvgIpc) is 3.19. The fourth-order valence-electron chi connectivity index (χ4n) is 3.27. The molecule has 0 aliphatic heterocycles. The molecular weight excluding hydrogens is 493 g/mol. The molecule has 4 aromatic rings. The summed E-state index contributed by atoms with van der Waals surface area (Å²) in [5.41, 5.74) is -0.308. The van der Waals surface area contributed by atoms with Crippen LogP contribution in [0.25, 0.3) is 15.9 Å². The first-order valence-corrected chi connectivity index (χ1v) is 11.5. The summed E-state index contributed by atoms with van der Waals surface area (Å²) in [5, 5.41) is 4.12. The minimum atomic E-state index is -0.626. The molecule has 10 heteroatoms. The number of hydrogen-bond acceptors (Lipinski definition) is 4. The van der Waals surface area contributed by atoms with Gasteiger partial charge in [0, 0.05) is 15.6 Å². The number of rotatable bonds is 5. The van der Waals surface area contributed by atoms with Crippen molar-refractivity contribution in [1.82, 2.24) is 9.13 Å². The summed E-state index contributed by atoms with van der Waals surface area (Å²) >= 11 is 19.3. The number of benzene rings is 2. The van der Waals surface area contributed by atoms with E-state index in [1.807, 2.05) is 6.92 Å². The molecule has 0 atom stereocenters. The highest BCUT2D eigenvalue weighted by Crippen LogP contribution is 2.26. The van der Waals surface area contributed by atoms with Gasteiger partial charge in [0.2, 0.25) is 5.91 Å². The van der Waals surface area contributed by atoms with Crippen molar-refractivity contribution < 1.29 is 4.79 Å². The van der Waals surface area contributed by atoms with E-state index in [4.69, 9.17) is 34.8 Å². The number of nitrogens with zero attached hydrogens (tertiary/aromatic N) is 2. The highest BCUT2D eigenvalue weighted by molar-refractivity contribution is 7.18. The lowest BCUT2D eigenvalue weighted by Gasteiger charge is -2.13. The van der Waals surface area contributed by atoms with Crippen LogP contribution in [0.3, 0.4) is 0 Å². The summed E-state index contributed by atoms with van der Waals surface area (Å²) < 4.78 is 2.33. The predicted molar refractivity (Wildman–Crippen MR) is 131 cm³/mol. The van der Waals surface area contributed by atoms with Crippen LogP contribution in [0.15, 0.2) is 58.1 Å². The fraction of sp³-hybridized carbons (Fsp3) is 0.136. The van der Waals surface area contributed by atoms with E-state index in [-0.39, 0.29) is 6.54 Å². The van der Waals surface area contributed by atoms with Crippen LogP contribution in [-0.2, 0) is 17.8 Å². The SMILES string of the molecule is CCc1cc2c(=O)n(-c3cccc(Cl)c3)c(=O)n(CC(=O)Nc3ccc(Cl)c(Cl)c3)c2s1. The van der Waals surface area contributed by atoms with Crippen molar-refractivity contribution in [2.75, 3.05) is 5.32 Å². The Morgan fingerprint density at radius 3 is 2.50 bits per heavy atom. The Morgan fingerprint density at radius 1 is 1.03 bits per heavy atom. The number of thiophene rings is 1. The Bertz CT molecular complexity index is 1470. The summed E-state index contributed by atoms with van der Waals surface area (Å²) in [6.07, 6.45) is 0.694. The Hall–Kier alpha value is -2.58. The third-order valence-electron chi connectivity index (χ3n) is 4.78. The van der Waals surface area contributed by atoms with E-state index in [2.05, 4.69) is 5.32 Å². The van der Waals surface area contributed by atoms with Crippen LogP contribution in [0.4, 0.5) is 5.69 Å². The van der Waals surface area contributed by atoms with Gasteiger partial charge in [-0.05, 0) is 48.9 Å². The zero-order valence-electron chi connectivity index (χ0n) is 16.7. The monoisotopic (exact) mass is 507 g/mol. The summed E-state index contributed by atoms with van der Waals surface area (Å²) in [7, 11) is 0. The number of carbonyl (C=O) groups excluding carboxylic acids is 1. The van der Waals surface area contributed by atoms with Crippen molar-refractivity contribution in [3.63, 3.8) is 0 Å². The van der Waals surface area contributed by atoms with Gasteiger partial charge in [-0.1, -0.05) is 47.8 Å². The molecular formula is C22H16Cl3N3O3S. The van der Waals surface area contributed by atoms with Gasteiger partial charge in [0.05, 0.1) is 21.1 Å². The lowest BCUT2D eigenvalue weighted by Crippen LogP contribution is -2.40. The molecule has 0 saturated carbocycles. The summed E-state index contributed by atoms with van der Waals surface area (Å²) in [6.45, 7) is 1.67. The molecule has 0 unspecified atom stereocenters. The van der Waals surface area contributed by atoms with Crippen molar-refractivity contribution in [3.05, 3.63) is 89.3 Å². The molecule has 0 saturated heterocycles. The van der Waals surface area contributed by atoms with Gasteiger partial charge in [0.15, 0.2) is 0 Å². The first-order chi connectivity index (χ1) is 15.3. The van der Waals surface area contributed by atoms with Crippen molar-refractivity contribution in [3.8, 4) is 5.69 Å². The van der Waals surface area contributed by atoms with E-state index < -0.39 is 17.2 Å². The Balaban J connectivity index is 1.83. The van der Waals surface area contributed by atoms with Gasteiger partial charge in [0.25, 0.3) is 5.56 Å². The van der Waals surface area contributed by atoms with E-state index in [1.165, 1.54) is 28.0 Å². The van der Waals surface area contributed by atoms with Gasteiger partial charge in [0.1, 0.15) is 11.4 Å². The largest absolute Gasteiger partial charge is 0.337 e. The van der Waals surface area contributed by atoms with E-state index in [1.54, 1.807) is 36.4 Å². The maximum atomic E-state index is 13.4. The normalized spacial score (nSPS) is 11.1. The predicted octanol–water partition coefficient (Wildman–Crippen LogP) is 5.38. The molecule has 0 bridgehead atoms. The molecule has 164 valence electrons. The Morgan fingerprint density at radius 2 is 1.81 bits per heavy atom. The molecule has 2 aromatic heterocycles. The molecule has 0 aliphatic rings. The lowest BCUT2D eigenvalue weighted by molar-refractivity contribution is -0.116. The smallest absolute Gasteiger partial charge is 0.324 e. The number of anilines is 1. The second-order valence-corrected chi connectivity index (χ2v) is 9.32. The lowest BCUT2D eigenvalue weighted by atomic mass is 10.3. The molecule has 0 fully saturated rings.